The normalized spacial score (nSPS) is 13.1. The molecule has 3 rings (SSSR count). The Kier molecular flexibility index (Phi) is 2.23. The lowest BCUT2D eigenvalue weighted by Crippen LogP contribution is -1.99. The molecule has 1 unspecified atom stereocenters. The van der Waals surface area contributed by atoms with Gasteiger partial charge in [0.15, 0.2) is 6.10 Å². The number of rotatable bonds is 2. The molecular formula is C13H12N2O2. The van der Waals surface area contributed by atoms with E-state index in [9.17, 15) is 5.11 Å². The van der Waals surface area contributed by atoms with Crippen LogP contribution in [0.25, 0.3) is 11.0 Å². The van der Waals surface area contributed by atoms with Crippen LogP contribution >= 0.6 is 0 Å². The van der Waals surface area contributed by atoms with Crippen LogP contribution < -0.4 is 0 Å². The predicted octanol–water partition coefficient (Wildman–Crippen LogP) is 2.55. The maximum atomic E-state index is 10.1. The van der Waals surface area contributed by atoms with E-state index < -0.39 is 6.10 Å². The summed E-state index contributed by atoms with van der Waals surface area (Å²) < 4.78 is 5.67. The maximum Gasteiger partial charge on any atom is 0.169 e. The second-order valence-electron chi connectivity index (χ2n) is 4.02. The molecule has 1 atom stereocenters. The van der Waals surface area contributed by atoms with E-state index in [1.807, 2.05) is 31.2 Å². The minimum Gasteiger partial charge on any atom is -0.458 e. The zero-order chi connectivity index (χ0) is 11.8. The van der Waals surface area contributed by atoms with Crippen molar-refractivity contribution in [2.75, 3.05) is 0 Å². The van der Waals surface area contributed by atoms with Gasteiger partial charge in [-0.1, -0.05) is 18.2 Å². The molecule has 2 aromatic heterocycles. The molecule has 17 heavy (non-hydrogen) atoms. The summed E-state index contributed by atoms with van der Waals surface area (Å²) in [5, 5.41) is 11.1. The second-order valence-corrected chi connectivity index (χ2v) is 4.02. The van der Waals surface area contributed by atoms with Gasteiger partial charge in [-0.2, -0.15) is 0 Å². The van der Waals surface area contributed by atoms with Gasteiger partial charge >= 0.3 is 0 Å². The van der Waals surface area contributed by atoms with Gasteiger partial charge in [-0.25, -0.2) is 4.98 Å². The fourth-order valence-corrected chi connectivity index (χ4v) is 1.93. The van der Waals surface area contributed by atoms with Gasteiger partial charge in [0.2, 0.25) is 0 Å². The van der Waals surface area contributed by atoms with Crippen molar-refractivity contribution in [3.63, 3.8) is 0 Å². The number of aromatic amines is 1. The molecule has 0 radical (unpaired) electrons. The molecule has 86 valence electrons. The summed E-state index contributed by atoms with van der Waals surface area (Å²) in [7, 11) is 0. The molecule has 0 aliphatic carbocycles. The summed E-state index contributed by atoms with van der Waals surface area (Å²) >= 11 is 0. The van der Waals surface area contributed by atoms with Gasteiger partial charge in [0, 0.05) is 17.8 Å². The minimum absolute atomic E-state index is 0.488. The summed E-state index contributed by atoms with van der Waals surface area (Å²) in [6.45, 7) is 1.98. The molecule has 4 nitrogen and oxygen atoms in total. The van der Waals surface area contributed by atoms with Crippen LogP contribution in [0, 0.1) is 6.92 Å². The van der Waals surface area contributed by atoms with E-state index in [0.29, 0.717) is 11.6 Å². The van der Waals surface area contributed by atoms with Crippen molar-refractivity contribution in [2.24, 2.45) is 0 Å². The van der Waals surface area contributed by atoms with Gasteiger partial charge < -0.3 is 14.5 Å². The molecule has 0 saturated carbocycles. The van der Waals surface area contributed by atoms with E-state index in [2.05, 4.69) is 9.97 Å². The van der Waals surface area contributed by atoms with Crippen molar-refractivity contribution in [1.29, 1.82) is 0 Å². The van der Waals surface area contributed by atoms with E-state index in [-0.39, 0.29) is 0 Å². The van der Waals surface area contributed by atoms with Crippen LogP contribution in [0.2, 0.25) is 0 Å². The number of nitrogens with one attached hydrogen (secondary N) is 1. The fourth-order valence-electron chi connectivity index (χ4n) is 1.93. The molecule has 0 spiro atoms. The third kappa shape index (κ3) is 1.62. The molecule has 2 heterocycles. The highest BCUT2D eigenvalue weighted by Crippen LogP contribution is 2.28. The van der Waals surface area contributed by atoms with E-state index in [4.69, 9.17) is 4.42 Å². The average molecular weight is 228 g/mol. The van der Waals surface area contributed by atoms with Gasteiger partial charge in [0.05, 0.1) is 0 Å². The van der Waals surface area contributed by atoms with Crippen LogP contribution in [0.4, 0.5) is 0 Å². The highest BCUT2D eigenvalue weighted by Gasteiger charge is 2.17. The van der Waals surface area contributed by atoms with E-state index in [0.717, 1.165) is 16.5 Å². The Hall–Kier alpha value is -2.07. The number of aliphatic hydroxyl groups excluding tert-OH is 1. The van der Waals surface area contributed by atoms with Crippen LogP contribution in [0.15, 0.2) is 41.1 Å². The van der Waals surface area contributed by atoms with Crippen molar-refractivity contribution >= 4 is 11.0 Å². The molecule has 0 amide bonds. The lowest BCUT2D eigenvalue weighted by atomic mass is 10.1. The van der Waals surface area contributed by atoms with Crippen LogP contribution in [-0.4, -0.2) is 15.1 Å². The Morgan fingerprint density at radius 2 is 2.29 bits per heavy atom. The number of H-pyrrole nitrogens is 1. The predicted molar refractivity (Wildman–Crippen MR) is 63.6 cm³/mol. The third-order valence-corrected chi connectivity index (χ3v) is 2.81. The zero-order valence-corrected chi connectivity index (χ0v) is 9.34. The number of fused-ring (bicyclic) bond motifs is 1. The van der Waals surface area contributed by atoms with Crippen molar-refractivity contribution in [2.45, 2.75) is 13.0 Å². The van der Waals surface area contributed by atoms with E-state index in [1.54, 1.807) is 12.4 Å². The van der Waals surface area contributed by atoms with Gasteiger partial charge in [0.1, 0.15) is 17.2 Å². The first-order valence-corrected chi connectivity index (χ1v) is 5.42. The topological polar surface area (TPSA) is 62.1 Å². The highest BCUT2D eigenvalue weighted by molar-refractivity contribution is 5.81. The first-order chi connectivity index (χ1) is 8.25. The number of aryl methyl sites for hydroxylation is 1. The van der Waals surface area contributed by atoms with Gasteiger partial charge in [-0.15, -0.1) is 0 Å². The van der Waals surface area contributed by atoms with Gasteiger partial charge in [-0.05, 0) is 18.6 Å². The minimum atomic E-state index is -0.850. The molecule has 0 aliphatic rings. The first kappa shape index (κ1) is 10.1. The van der Waals surface area contributed by atoms with Gasteiger partial charge in [0.25, 0.3) is 0 Å². The molecule has 0 fully saturated rings. The van der Waals surface area contributed by atoms with Crippen LogP contribution in [0.1, 0.15) is 23.3 Å². The summed E-state index contributed by atoms with van der Waals surface area (Å²) in [5.74, 6) is 0.992. The Labute approximate surface area is 97.9 Å². The van der Waals surface area contributed by atoms with Crippen molar-refractivity contribution in [3.8, 4) is 0 Å². The first-order valence-electron chi connectivity index (χ1n) is 5.42. The second kappa shape index (κ2) is 3.75. The summed E-state index contributed by atoms with van der Waals surface area (Å²) in [4.78, 5) is 6.89. The van der Waals surface area contributed by atoms with Crippen LogP contribution in [0.3, 0.4) is 0 Å². The lowest BCUT2D eigenvalue weighted by Gasteiger charge is -2.02. The molecule has 0 aliphatic heterocycles. The Balaban J connectivity index is 2.10. The smallest absolute Gasteiger partial charge is 0.169 e. The third-order valence-electron chi connectivity index (χ3n) is 2.81. The number of hydrogen-bond donors (Lipinski definition) is 2. The van der Waals surface area contributed by atoms with Gasteiger partial charge in [-0.3, -0.25) is 0 Å². The number of para-hydroxylation sites is 1. The molecule has 2 N–H and O–H groups in total. The highest BCUT2D eigenvalue weighted by atomic mass is 16.4. The number of aliphatic hydroxyl groups is 1. The Morgan fingerprint density at radius 1 is 1.41 bits per heavy atom. The molecule has 4 heteroatoms. The molecule has 3 aromatic rings. The molecule has 0 saturated heterocycles. The summed E-state index contributed by atoms with van der Waals surface area (Å²) in [5.41, 5.74) is 1.87. The van der Waals surface area contributed by atoms with E-state index >= 15 is 0 Å². The number of benzene rings is 1. The van der Waals surface area contributed by atoms with E-state index in [1.165, 1.54) is 0 Å². The largest absolute Gasteiger partial charge is 0.458 e. The average Bonchev–Trinajstić information content (AvgIpc) is 2.98. The fraction of sp³-hybridized carbons (Fsp3) is 0.154. The summed E-state index contributed by atoms with van der Waals surface area (Å²) in [6, 6.07) is 7.75. The number of hydrogen-bond acceptors (Lipinski definition) is 3. The number of furan rings is 1. The van der Waals surface area contributed by atoms with Crippen molar-refractivity contribution in [1.82, 2.24) is 9.97 Å². The van der Waals surface area contributed by atoms with Crippen LogP contribution in [0.5, 0.6) is 0 Å². The standard InChI is InChI=1S/C13H12N2O2/c1-8-3-2-4-9-7-10(17-12(8)9)11(16)13-14-5-6-15-13/h2-7,11,16H,1H3,(H,14,15). The van der Waals surface area contributed by atoms with Crippen molar-refractivity contribution in [3.05, 3.63) is 53.8 Å². The summed E-state index contributed by atoms with van der Waals surface area (Å²) in [6.07, 6.45) is 2.43. The Morgan fingerprint density at radius 3 is 3.00 bits per heavy atom. The lowest BCUT2D eigenvalue weighted by molar-refractivity contribution is 0.183. The van der Waals surface area contributed by atoms with Crippen molar-refractivity contribution < 1.29 is 9.52 Å². The maximum absolute atomic E-state index is 10.1. The monoisotopic (exact) mass is 228 g/mol. The van der Waals surface area contributed by atoms with Crippen LogP contribution in [-0.2, 0) is 0 Å². The number of nitrogens with zero attached hydrogens (tertiary/aromatic N) is 1. The molecule has 1 aromatic carbocycles. The number of imidazole rings is 1. The molecule has 0 bridgehead atoms. The zero-order valence-electron chi connectivity index (χ0n) is 9.34. The quantitative estimate of drug-likeness (QED) is 0.708. The Bertz CT molecular complexity index is 641. The SMILES string of the molecule is Cc1cccc2cc(C(O)c3ncc[nH]3)oc12. The number of aromatic nitrogens is 2. The molecular weight excluding hydrogens is 216 g/mol.